The summed E-state index contributed by atoms with van der Waals surface area (Å²) in [4.78, 5) is 12.7. The van der Waals surface area contributed by atoms with Gasteiger partial charge in [-0.15, -0.1) is 0 Å². The molecule has 0 unspecified atom stereocenters. The summed E-state index contributed by atoms with van der Waals surface area (Å²) in [7, 11) is 1.50. The predicted molar refractivity (Wildman–Crippen MR) is 119 cm³/mol. The Labute approximate surface area is 191 Å². The molecule has 0 N–H and O–H groups in total. The van der Waals surface area contributed by atoms with Gasteiger partial charge in [0.2, 0.25) is 6.29 Å². The number of methoxy groups -OCH3 is 1. The Morgan fingerprint density at radius 3 is 2.61 bits per heavy atom. The molecule has 4 rings (SSSR count). The van der Waals surface area contributed by atoms with E-state index in [1.54, 1.807) is 18.2 Å². The third-order valence-corrected chi connectivity index (χ3v) is 5.02. The van der Waals surface area contributed by atoms with E-state index in [9.17, 15) is 9.18 Å². The summed E-state index contributed by atoms with van der Waals surface area (Å²) in [5, 5.41) is 0. The second-order valence-electron chi connectivity index (χ2n) is 7.83. The molecule has 0 saturated heterocycles. The number of carbonyl (C=O) groups is 1. The molecule has 172 valence electrons. The summed E-state index contributed by atoms with van der Waals surface area (Å²) >= 11 is 0. The molecule has 1 heterocycles. The van der Waals surface area contributed by atoms with Crippen molar-refractivity contribution in [2.75, 3.05) is 7.11 Å². The van der Waals surface area contributed by atoms with E-state index >= 15 is 0 Å². The van der Waals surface area contributed by atoms with Crippen LogP contribution in [0.3, 0.4) is 0 Å². The highest BCUT2D eigenvalue weighted by atomic mass is 19.1. The fraction of sp³-hybridized carbons (Fsp3) is 0.269. The Bertz CT molecular complexity index is 1130. The van der Waals surface area contributed by atoms with Crippen molar-refractivity contribution in [1.29, 1.82) is 0 Å². The molecule has 1 atom stereocenters. The summed E-state index contributed by atoms with van der Waals surface area (Å²) in [5.74, 6) is 0.384. The van der Waals surface area contributed by atoms with E-state index in [4.69, 9.17) is 23.7 Å². The smallest absolute Gasteiger partial charge is 0.338 e. The fourth-order valence-corrected chi connectivity index (χ4v) is 3.53. The molecule has 3 aromatic rings. The van der Waals surface area contributed by atoms with Gasteiger partial charge in [0.15, 0.2) is 11.5 Å². The molecule has 3 aromatic carbocycles. The zero-order valence-electron chi connectivity index (χ0n) is 18.7. The molecule has 0 saturated carbocycles. The molecule has 0 aliphatic carbocycles. The van der Waals surface area contributed by atoms with Gasteiger partial charge in [-0.25, -0.2) is 9.18 Å². The number of hydrogen-bond acceptors (Lipinski definition) is 6. The van der Waals surface area contributed by atoms with Crippen molar-refractivity contribution in [3.63, 3.8) is 0 Å². The molecule has 0 spiro atoms. The Hall–Kier alpha value is -3.58. The molecule has 33 heavy (non-hydrogen) atoms. The topological polar surface area (TPSA) is 63.2 Å². The third kappa shape index (κ3) is 5.26. The van der Waals surface area contributed by atoms with Crippen LogP contribution in [-0.2, 0) is 22.7 Å². The summed E-state index contributed by atoms with van der Waals surface area (Å²) in [6.07, 6.45) is -0.670. The van der Waals surface area contributed by atoms with E-state index in [1.165, 1.54) is 19.2 Å². The van der Waals surface area contributed by atoms with Crippen molar-refractivity contribution in [1.82, 2.24) is 0 Å². The Balaban J connectivity index is 1.51. The number of carbonyl (C=O) groups excluding carboxylic acids is 1. The van der Waals surface area contributed by atoms with Gasteiger partial charge in [-0.3, -0.25) is 0 Å². The van der Waals surface area contributed by atoms with Crippen LogP contribution >= 0.6 is 0 Å². The average molecular weight is 452 g/mol. The normalized spacial score (nSPS) is 14.9. The van der Waals surface area contributed by atoms with Crippen LogP contribution in [0.25, 0.3) is 0 Å². The highest BCUT2D eigenvalue weighted by Crippen LogP contribution is 2.37. The van der Waals surface area contributed by atoms with Gasteiger partial charge in [0, 0.05) is 16.7 Å². The minimum atomic E-state index is -0.628. The maximum atomic E-state index is 14.2. The highest BCUT2D eigenvalue weighted by molar-refractivity contribution is 5.90. The molecule has 0 radical (unpaired) electrons. The van der Waals surface area contributed by atoms with E-state index < -0.39 is 18.1 Å². The first-order valence-electron chi connectivity index (χ1n) is 10.6. The maximum Gasteiger partial charge on any atom is 0.338 e. The van der Waals surface area contributed by atoms with Crippen LogP contribution in [0.2, 0.25) is 0 Å². The van der Waals surface area contributed by atoms with Crippen LogP contribution in [0.5, 0.6) is 17.2 Å². The monoisotopic (exact) mass is 452 g/mol. The number of halogens is 1. The zero-order valence-corrected chi connectivity index (χ0v) is 18.7. The number of ether oxygens (including phenoxy) is 5. The lowest BCUT2D eigenvalue weighted by molar-refractivity contribution is -0.112. The van der Waals surface area contributed by atoms with Crippen molar-refractivity contribution in [3.05, 3.63) is 88.7 Å². The molecule has 0 bridgehead atoms. The molecule has 1 aliphatic rings. The lowest BCUT2D eigenvalue weighted by Gasteiger charge is -2.28. The Morgan fingerprint density at radius 2 is 1.88 bits per heavy atom. The summed E-state index contributed by atoms with van der Waals surface area (Å²) in [6.45, 7) is 3.82. The van der Waals surface area contributed by atoms with Crippen molar-refractivity contribution in [2.24, 2.45) is 0 Å². The maximum absolute atomic E-state index is 14.2. The van der Waals surface area contributed by atoms with Crippen LogP contribution < -0.4 is 14.2 Å². The minimum absolute atomic E-state index is 0.0421. The number of benzene rings is 3. The van der Waals surface area contributed by atoms with E-state index in [-0.39, 0.29) is 19.3 Å². The molecular formula is C26H25FO6. The van der Waals surface area contributed by atoms with Crippen LogP contribution in [-0.4, -0.2) is 19.2 Å². The molecule has 0 aromatic heterocycles. The van der Waals surface area contributed by atoms with Gasteiger partial charge >= 0.3 is 5.97 Å². The highest BCUT2D eigenvalue weighted by Gasteiger charge is 2.26. The number of fused-ring (bicyclic) bond motifs is 1. The van der Waals surface area contributed by atoms with Gasteiger partial charge in [0.05, 0.1) is 25.4 Å². The molecule has 1 aliphatic heterocycles. The first-order chi connectivity index (χ1) is 15.9. The summed E-state index contributed by atoms with van der Waals surface area (Å²) in [5.41, 5.74) is 2.12. The largest absolute Gasteiger partial charge is 0.493 e. The van der Waals surface area contributed by atoms with Crippen molar-refractivity contribution < 1.29 is 32.9 Å². The summed E-state index contributed by atoms with van der Waals surface area (Å²) in [6, 6.07) is 16.9. The minimum Gasteiger partial charge on any atom is -0.493 e. The number of rotatable bonds is 7. The van der Waals surface area contributed by atoms with Crippen LogP contribution in [0.4, 0.5) is 4.39 Å². The van der Waals surface area contributed by atoms with E-state index in [2.05, 4.69) is 0 Å². The van der Waals surface area contributed by atoms with Crippen molar-refractivity contribution in [3.8, 4) is 17.2 Å². The molecule has 0 fully saturated rings. The van der Waals surface area contributed by atoms with Gasteiger partial charge in [0.1, 0.15) is 18.2 Å². The number of hydrogen-bond donors (Lipinski definition) is 0. The van der Waals surface area contributed by atoms with Crippen molar-refractivity contribution >= 4 is 5.97 Å². The van der Waals surface area contributed by atoms with Gasteiger partial charge in [-0.2, -0.15) is 0 Å². The SMILES string of the molecule is COc1cc(C(=O)OCc2cc(F)cc3c2O[C@H](c2ccccc2)OC3)ccc1OC(C)C. The molecule has 0 amide bonds. The molecule has 7 heteroatoms. The van der Waals surface area contributed by atoms with Crippen LogP contribution in [0.15, 0.2) is 60.7 Å². The quantitative estimate of drug-likeness (QED) is 0.436. The van der Waals surface area contributed by atoms with E-state index in [1.807, 2.05) is 44.2 Å². The second kappa shape index (κ2) is 9.92. The van der Waals surface area contributed by atoms with Gasteiger partial charge < -0.3 is 23.7 Å². The first kappa shape index (κ1) is 22.6. The lowest BCUT2D eigenvalue weighted by atomic mass is 10.1. The zero-order chi connectivity index (χ0) is 23.4. The first-order valence-corrected chi connectivity index (χ1v) is 10.6. The van der Waals surface area contributed by atoms with Crippen LogP contribution in [0, 0.1) is 5.82 Å². The molecular weight excluding hydrogens is 427 g/mol. The average Bonchev–Trinajstić information content (AvgIpc) is 2.82. The third-order valence-electron chi connectivity index (χ3n) is 5.02. The number of esters is 1. The van der Waals surface area contributed by atoms with Gasteiger partial charge in [-0.1, -0.05) is 30.3 Å². The lowest BCUT2D eigenvalue weighted by Crippen LogP contribution is -2.20. The van der Waals surface area contributed by atoms with Crippen molar-refractivity contribution in [2.45, 2.75) is 39.5 Å². The summed E-state index contributed by atoms with van der Waals surface area (Å²) < 4.78 is 42.4. The Kier molecular flexibility index (Phi) is 6.79. The van der Waals surface area contributed by atoms with E-state index in [0.717, 1.165) is 5.56 Å². The van der Waals surface area contributed by atoms with Gasteiger partial charge in [-0.05, 0) is 44.2 Å². The Morgan fingerprint density at radius 1 is 1.09 bits per heavy atom. The second-order valence-corrected chi connectivity index (χ2v) is 7.83. The fourth-order valence-electron chi connectivity index (χ4n) is 3.53. The predicted octanol–water partition coefficient (Wildman–Crippen LogP) is 5.59. The van der Waals surface area contributed by atoms with E-state index in [0.29, 0.717) is 33.9 Å². The van der Waals surface area contributed by atoms with Gasteiger partial charge in [0.25, 0.3) is 0 Å². The molecule has 6 nitrogen and oxygen atoms in total. The van der Waals surface area contributed by atoms with Crippen LogP contribution in [0.1, 0.15) is 47.2 Å². The standard InChI is InChI=1S/C26H25FO6/c1-16(2)32-22-10-9-18(13-23(22)29-3)25(28)30-14-19-11-21(27)12-20-15-31-26(33-24(19)20)17-7-5-4-6-8-17/h4-13,16,26H,14-15H2,1-3H3/t26-/m1/s1.